The maximum absolute atomic E-state index is 10.7. The summed E-state index contributed by atoms with van der Waals surface area (Å²) >= 11 is 0. The van der Waals surface area contributed by atoms with Crippen molar-refractivity contribution in [3.8, 4) is 5.75 Å². The van der Waals surface area contributed by atoms with E-state index in [4.69, 9.17) is 4.74 Å². The van der Waals surface area contributed by atoms with Crippen LogP contribution in [-0.2, 0) is 6.54 Å². The predicted molar refractivity (Wildman–Crippen MR) is 66.3 cm³/mol. The molecular formula is C12H18N2O3. The summed E-state index contributed by atoms with van der Waals surface area (Å²) in [6, 6.07) is 4.64. The van der Waals surface area contributed by atoms with Crippen LogP contribution < -0.4 is 10.1 Å². The van der Waals surface area contributed by atoms with E-state index in [9.17, 15) is 10.1 Å². The number of hydrogen-bond acceptors (Lipinski definition) is 4. The molecule has 0 amide bonds. The van der Waals surface area contributed by atoms with Gasteiger partial charge in [0, 0.05) is 24.2 Å². The largest absolute Gasteiger partial charge is 0.496 e. The Bertz CT molecular complexity index is 380. The zero-order valence-corrected chi connectivity index (χ0v) is 10.2. The van der Waals surface area contributed by atoms with Crippen LogP contribution in [0.5, 0.6) is 5.75 Å². The Hall–Kier alpha value is -1.62. The van der Waals surface area contributed by atoms with Gasteiger partial charge in [0.1, 0.15) is 5.75 Å². The normalized spacial score (nSPS) is 10.2. The zero-order chi connectivity index (χ0) is 12.7. The molecule has 0 spiro atoms. The highest BCUT2D eigenvalue weighted by molar-refractivity contribution is 5.43. The van der Waals surface area contributed by atoms with Crippen LogP contribution in [0.1, 0.15) is 25.3 Å². The Morgan fingerprint density at radius 3 is 2.82 bits per heavy atom. The monoisotopic (exact) mass is 238 g/mol. The van der Waals surface area contributed by atoms with Gasteiger partial charge in [-0.05, 0) is 19.0 Å². The van der Waals surface area contributed by atoms with E-state index < -0.39 is 4.92 Å². The third kappa shape index (κ3) is 4.03. The van der Waals surface area contributed by atoms with Gasteiger partial charge < -0.3 is 10.1 Å². The van der Waals surface area contributed by atoms with E-state index >= 15 is 0 Å². The Balaban J connectivity index is 2.72. The van der Waals surface area contributed by atoms with Gasteiger partial charge in [-0.2, -0.15) is 0 Å². The van der Waals surface area contributed by atoms with Crippen molar-refractivity contribution in [1.82, 2.24) is 5.32 Å². The highest BCUT2D eigenvalue weighted by atomic mass is 16.6. The molecule has 0 heterocycles. The topological polar surface area (TPSA) is 64.4 Å². The Kier molecular flexibility index (Phi) is 5.42. The summed E-state index contributed by atoms with van der Waals surface area (Å²) in [6.45, 7) is 3.61. The van der Waals surface area contributed by atoms with Crippen molar-refractivity contribution in [3.05, 3.63) is 33.9 Å². The van der Waals surface area contributed by atoms with Crippen LogP contribution >= 0.6 is 0 Å². The number of unbranched alkanes of at least 4 members (excludes halogenated alkanes) is 1. The molecule has 1 rings (SSSR count). The van der Waals surface area contributed by atoms with Crippen molar-refractivity contribution in [3.63, 3.8) is 0 Å². The third-order valence-electron chi connectivity index (χ3n) is 2.50. The molecular weight excluding hydrogens is 220 g/mol. The number of nitrogens with zero attached hydrogens (tertiary/aromatic N) is 1. The second-order valence-electron chi connectivity index (χ2n) is 3.78. The summed E-state index contributed by atoms with van der Waals surface area (Å²) in [5, 5.41) is 13.9. The fourth-order valence-corrected chi connectivity index (χ4v) is 1.54. The van der Waals surface area contributed by atoms with Gasteiger partial charge in [0.2, 0.25) is 0 Å². The first-order chi connectivity index (χ1) is 8.19. The molecule has 94 valence electrons. The molecule has 0 atom stereocenters. The van der Waals surface area contributed by atoms with Crippen LogP contribution in [0.3, 0.4) is 0 Å². The van der Waals surface area contributed by atoms with Gasteiger partial charge in [-0.25, -0.2) is 0 Å². The Morgan fingerprint density at radius 2 is 2.24 bits per heavy atom. The molecule has 0 radical (unpaired) electrons. The summed E-state index contributed by atoms with van der Waals surface area (Å²) in [5.41, 5.74) is 0.913. The van der Waals surface area contributed by atoms with Crippen LogP contribution in [-0.4, -0.2) is 18.6 Å². The summed E-state index contributed by atoms with van der Waals surface area (Å²) in [7, 11) is 1.57. The van der Waals surface area contributed by atoms with E-state index in [0.717, 1.165) is 24.9 Å². The first kappa shape index (κ1) is 13.4. The first-order valence-corrected chi connectivity index (χ1v) is 5.71. The Morgan fingerprint density at radius 1 is 1.47 bits per heavy atom. The molecule has 1 aromatic carbocycles. The molecule has 0 saturated heterocycles. The molecule has 0 aliphatic rings. The van der Waals surface area contributed by atoms with Gasteiger partial charge in [0.05, 0.1) is 12.0 Å². The number of benzene rings is 1. The number of rotatable bonds is 7. The molecule has 0 unspecified atom stereocenters. The van der Waals surface area contributed by atoms with Crippen LogP contribution in [0.15, 0.2) is 18.2 Å². The minimum atomic E-state index is -0.394. The van der Waals surface area contributed by atoms with Gasteiger partial charge >= 0.3 is 0 Å². The minimum absolute atomic E-state index is 0.0955. The summed E-state index contributed by atoms with van der Waals surface area (Å²) in [4.78, 5) is 10.3. The number of nitrogens with one attached hydrogen (secondary N) is 1. The quantitative estimate of drug-likeness (QED) is 0.450. The molecule has 17 heavy (non-hydrogen) atoms. The number of hydrogen-bond donors (Lipinski definition) is 1. The number of non-ortho nitro benzene ring substituents is 1. The highest BCUT2D eigenvalue weighted by Gasteiger charge is 2.10. The van der Waals surface area contributed by atoms with Crippen molar-refractivity contribution in [2.45, 2.75) is 26.3 Å². The highest BCUT2D eigenvalue weighted by Crippen LogP contribution is 2.23. The average molecular weight is 238 g/mol. The molecule has 0 aliphatic carbocycles. The molecule has 0 saturated carbocycles. The second-order valence-corrected chi connectivity index (χ2v) is 3.78. The average Bonchev–Trinajstić information content (AvgIpc) is 2.34. The summed E-state index contributed by atoms with van der Waals surface area (Å²) in [6.07, 6.45) is 2.22. The number of methoxy groups -OCH3 is 1. The molecule has 0 aliphatic heterocycles. The van der Waals surface area contributed by atoms with Gasteiger partial charge in [0.15, 0.2) is 0 Å². The summed E-state index contributed by atoms with van der Waals surface area (Å²) in [5.74, 6) is 0.680. The van der Waals surface area contributed by atoms with E-state index in [2.05, 4.69) is 12.2 Å². The van der Waals surface area contributed by atoms with Gasteiger partial charge in [-0.15, -0.1) is 0 Å². The van der Waals surface area contributed by atoms with Gasteiger partial charge in [-0.1, -0.05) is 13.3 Å². The van der Waals surface area contributed by atoms with E-state index in [-0.39, 0.29) is 5.69 Å². The predicted octanol–water partition coefficient (Wildman–Crippen LogP) is 2.49. The molecule has 0 bridgehead atoms. The lowest BCUT2D eigenvalue weighted by atomic mass is 10.1. The number of nitro benzene ring substituents is 1. The lowest BCUT2D eigenvalue weighted by molar-refractivity contribution is -0.384. The van der Waals surface area contributed by atoms with Gasteiger partial charge in [0.25, 0.3) is 5.69 Å². The fourth-order valence-electron chi connectivity index (χ4n) is 1.54. The standard InChI is InChI=1S/C12H18N2O3/c1-3-4-7-13-9-10-8-11(14(15)16)5-6-12(10)17-2/h5-6,8,13H,3-4,7,9H2,1-2H3. The second kappa shape index (κ2) is 6.85. The van der Waals surface area contributed by atoms with E-state index in [1.165, 1.54) is 6.07 Å². The van der Waals surface area contributed by atoms with E-state index in [0.29, 0.717) is 12.3 Å². The third-order valence-corrected chi connectivity index (χ3v) is 2.50. The molecule has 0 fully saturated rings. The smallest absolute Gasteiger partial charge is 0.270 e. The molecule has 5 heteroatoms. The maximum Gasteiger partial charge on any atom is 0.270 e. The summed E-state index contributed by atoms with van der Waals surface area (Å²) < 4.78 is 5.17. The van der Waals surface area contributed by atoms with Crippen molar-refractivity contribution in [1.29, 1.82) is 0 Å². The molecule has 0 aromatic heterocycles. The molecule has 5 nitrogen and oxygen atoms in total. The number of ether oxygens (including phenoxy) is 1. The number of nitro groups is 1. The van der Waals surface area contributed by atoms with Crippen LogP contribution in [0, 0.1) is 10.1 Å². The van der Waals surface area contributed by atoms with Crippen LogP contribution in [0.2, 0.25) is 0 Å². The van der Waals surface area contributed by atoms with Crippen molar-refractivity contribution in [2.24, 2.45) is 0 Å². The molecule has 1 N–H and O–H groups in total. The lowest BCUT2D eigenvalue weighted by Crippen LogP contribution is -2.15. The van der Waals surface area contributed by atoms with Crippen LogP contribution in [0.4, 0.5) is 5.69 Å². The first-order valence-electron chi connectivity index (χ1n) is 5.71. The van der Waals surface area contributed by atoms with Crippen molar-refractivity contribution in [2.75, 3.05) is 13.7 Å². The minimum Gasteiger partial charge on any atom is -0.496 e. The van der Waals surface area contributed by atoms with E-state index in [1.54, 1.807) is 19.2 Å². The van der Waals surface area contributed by atoms with Crippen molar-refractivity contribution < 1.29 is 9.66 Å². The van der Waals surface area contributed by atoms with E-state index in [1.807, 2.05) is 0 Å². The fraction of sp³-hybridized carbons (Fsp3) is 0.500. The lowest BCUT2D eigenvalue weighted by Gasteiger charge is -2.09. The SMILES string of the molecule is CCCCNCc1cc([N+](=O)[O-])ccc1OC. The van der Waals surface area contributed by atoms with Crippen LogP contribution in [0.25, 0.3) is 0 Å². The molecule has 1 aromatic rings. The maximum atomic E-state index is 10.7. The Labute approximate surface area is 101 Å². The zero-order valence-electron chi connectivity index (χ0n) is 10.2. The van der Waals surface area contributed by atoms with Gasteiger partial charge in [-0.3, -0.25) is 10.1 Å². The van der Waals surface area contributed by atoms with Crippen molar-refractivity contribution >= 4 is 5.69 Å².